The zero-order chi connectivity index (χ0) is 15.0. The van der Waals surface area contributed by atoms with Gasteiger partial charge in [0.1, 0.15) is 5.75 Å². The summed E-state index contributed by atoms with van der Waals surface area (Å²) in [6.07, 6.45) is -0.248. The van der Waals surface area contributed by atoms with E-state index in [1.807, 2.05) is 0 Å². The van der Waals surface area contributed by atoms with Crippen LogP contribution in [0.3, 0.4) is 0 Å². The standard InChI is InChI=1S/C13H18N2O5/c1-19-9(7-14)6-12(16)15-10-4-2-3-5-11(10)20-8-13(17)18/h2-5,9H,6-8,14H2,1H3,(H,15,16)(H,17,18). The Balaban J connectivity index is 2.66. The summed E-state index contributed by atoms with van der Waals surface area (Å²) in [6, 6.07) is 6.60. The van der Waals surface area contributed by atoms with Crippen molar-refractivity contribution in [1.82, 2.24) is 0 Å². The van der Waals surface area contributed by atoms with Crippen molar-refractivity contribution < 1.29 is 24.2 Å². The number of para-hydroxylation sites is 2. The van der Waals surface area contributed by atoms with Crippen LogP contribution in [-0.4, -0.2) is 43.3 Å². The fraction of sp³-hybridized carbons (Fsp3) is 0.385. The minimum Gasteiger partial charge on any atom is -0.480 e. The molecule has 1 aromatic rings. The maximum absolute atomic E-state index is 11.8. The van der Waals surface area contributed by atoms with Crippen LogP contribution in [0.15, 0.2) is 24.3 Å². The number of carboxylic acids is 1. The second-order valence-electron chi connectivity index (χ2n) is 4.02. The third kappa shape index (κ3) is 5.25. The molecule has 0 aliphatic rings. The van der Waals surface area contributed by atoms with E-state index in [1.54, 1.807) is 24.3 Å². The number of hydrogen-bond acceptors (Lipinski definition) is 5. The monoisotopic (exact) mass is 282 g/mol. The smallest absolute Gasteiger partial charge is 0.341 e. The van der Waals surface area contributed by atoms with E-state index in [9.17, 15) is 9.59 Å². The average molecular weight is 282 g/mol. The lowest BCUT2D eigenvalue weighted by atomic mass is 10.2. The number of nitrogens with one attached hydrogen (secondary N) is 1. The van der Waals surface area contributed by atoms with Crippen molar-refractivity contribution >= 4 is 17.6 Å². The van der Waals surface area contributed by atoms with Crippen molar-refractivity contribution in [1.29, 1.82) is 0 Å². The Bertz CT molecular complexity index is 460. The van der Waals surface area contributed by atoms with Crippen molar-refractivity contribution in [2.45, 2.75) is 12.5 Å². The SMILES string of the molecule is COC(CN)CC(=O)Nc1ccccc1OCC(=O)O. The van der Waals surface area contributed by atoms with Crippen molar-refractivity contribution in [2.24, 2.45) is 5.73 Å². The summed E-state index contributed by atoms with van der Waals surface area (Å²) in [4.78, 5) is 22.3. The molecule has 0 bridgehead atoms. The molecule has 1 rings (SSSR count). The van der Waals surface area contributed by atoms with Crippen molar-refractivity contribution in [3.63, 3.8) is 0 Å². The van der Waals surface area contributed by atoms with Gasteiger partial charge in [-0.25, -0.2) is 4.79 Å². The van der Waals surface area contributed by atoms with E-state index in [0.29, 0.717) is 11.4 Å². The van der Waals surface area contributed by atoms with E-state index >= 15 is 0 Å². The fourth-order valence-electron chi connectivity index (χ4n) is 1.51. The summed E-state index contributed by atoms with van der Waals surface area (Å²) in [5.41, 5.74) is 5.85. The molecule has 0 heterocycles. The topological polar surface area (TPSA) is 111 Å². The predicted octanol–water partition coefficient (Wildman–Crippen LogP) is 0.452. The summed E-state index contributed by atoms with van der Waals surface area (Å²) in [6.45, 7) is -0.239. The number of carboxylic acid groups (broad SMARTS) is 1. The number of methoxy groups -OCH3 is 1. The van der Waals surface area contributed by atoms with E-state index in [-0.39, 0.29) is 25.0 Å². The highest BCUT2D eigenvalue weighted by atomic mass is 16.5. The van der Waals surface area contributed by atoms with Crippen LogP contribution in [0, 0.1) is 0 Å². The number of aliphatic carboxylic acids is 1. The highest BCUT2D eigenvalue weighted by Crippen LogP contribution is 2.23. The van der Waals surface area contributed by atoms with Gasteiger partial charge in [0.25, 0.3) is 0 Å². The molecule has 0 aromatic heterocycles. The van der Waals surface area contributed by atoms with Gasteiger partial charge in [0.15, 0.2) is 6.61 Å². The van der Waals surface area contributed by atoms with E-state index in [1.165, 1.54) is 7.11 Å². The molecule has 20 heavy (non-hydrogen) atoms. The van der Waals surface area contributed by atoms with Crippen LogP contribution >= 0.6 is 0 Å². The van der Waals surface area contributed by atoms with E-state index in [0.717, 1.165) is 0 Å². The lowest BCUT2D eigenvalue weighted by molar-refractivity contribution is -0.139. The maximum Gasteiger partial charge on any atom is 0.341 e. The van der Waals surface area contributed by atoms with Crippen molar-refractivity contribution in [2.75, 3.05) is 25.6 Å². The first kappa shape index (κ1) is 15.9. The van der Waals surface area contributed by atoms with Gasteiger partial charge < -0.3 is 25.6 Å². The van der Waals surface area contributed by atoms with Gasteiger partial charge in [-0.3, -0.25) is 4.79 Å². The third-order valence-electron chi connectivity index (χ3n) is 2.52. The molecule has 7 nitrogen and oxygen atoms in total. The number of nitrogens with two attached hydrogens (primary N) is 1. The van der Waals surface area contributed by atoms with Crippen LogP contribution in [0.2, 0.25) is 0 Å². The number of carbonyl (C=O) groups is 2. The first-order chi connectivity index (χ1) is 9.56. The van der Waals surface area contributed by atoms with Gasteiger partial charge in [-0.15, -0.1) is 0 Å². The van der Waals surface area contributed by atoms with Crippen LogP contribution in [0.5, 0.6) is 5.75 Å². The Morgan fingerprint density at radius 2 is 2.10 bits per heavy atom. The number of rotatable bonds is 8. The van der Waals surface area contributed by atoms with E-state index < -0.39 is 12.6 Å². The van der Waals surface area contributed by atoms with Crippen molar-refractivity contribution in [3.05, 3.63) is 24.3 Å². The number of amides is 1. The Morgan fingerprint density at radius 3 is 2.70 bits per heavy atom. The molecular weight excluding hydrogens is 264 g/mol. The minimum absolute atomic E-state index is 0.111. The lowest BCUT2D eigenvalue weighted by Gasteiger charge is -2.14. The maximum atomic E-state index is 11.8. The average Bonchev–Trinajstić information content (AvgIpc) is 2.43. The Hall–Kier alpha value is -2.12. The molecule has 1 aromatic carbocycles. The van der Waals surface area contributed by atoms with Crippen molar-refractivity contribution in [3.8, 4) is 5.75 Å². The number of benzene rings is 1. The molecule has 0 saturated heterocycles. The zero-order valence-corrected chi connectivity index (χ0v) is 11.2. The Morgan fingerprint density at radius 1 is 1.40 bits per heavy atom. The molecule has 0 aliphatic heterocycles. The molecule has 0 aliphatic carbocycles. The number of anilines is 1. The number of ether oxygens (including phenoxy) is 2. The molecule has 0 saturated carbocycles. The first-order valence-corrected chi connectivity index (χ1v) is 6.03. The Kier molecular flexibility index (Phi) is 6.48. The summed E-state index contributed by atoms with van der Waals surface area (Å²) in [5, 5.41) is 11.2. The van der Waals surface area contributed by atoms with Gasteiger partial charge in [-0.1, -0.05) is 12.1 Å². The molecule has 1 atom stereocenters. The zero-order valence-electron chi connectivity index (χ0n) is 11.2. The van der Waals surface area contributed by atoms with Crippen LogP contribution in [-0.2, 0) is 14.3 Å². The molecule has 7 heteroatoms. The van der Waals surface area contributed by atoms with Crippen LogP contribution in [0.25, 0.3) is 0 Å². The molecule has 0 radical (unpaired) electrons. The second kappa shape index (κ2) is 8.13. The molecule has 1 unspecified atom stereocenters. The summed E-state index contributed by atoms with van der Waals surface area (Å²) in [7, 11) is 1.48. The van der Waals surface area contributed by atoms with E-state index in [4.69, 9.17) is 20.3 Å². The van der Waals surface area contributed by atoms with Crippen LogP contribution in [0.4, 0.5) is 5.69 Å². The molecular formula is C13H18N2O5. The third-order valence-corrected chi connectivity index (χ3v) is 2.52. The summed E-state index contributed by atoms with van der Waals surface area (Å²) in [5.74, 6) is -1.08. The van der Waals surface area contributed by atoms with Gasteiger partial charge >= 0.3 is 5.97 Å². The molecule has 1 amide bonds. The van der Waals surface area contributed by atoms with E-state index in [2.05, 4.69) is 5.32 Å². The predicted molar refractivity (Wildman–Crippen MR) is 72.7 cm³/mol. The summed E-state index contributed by atoms with van der Waals surface area (Å²) < 4.78 is 10.1. The van der Waals surface area contributed by atoms with Gasteiger partial charge in [-0.2, -0.15) is 0 Å². The van der Waals surface area contributed by atoms with Gasteiger partial charge in [0.05, 0.1) is 18.2 Å². The highest BCUT2D eigenvalue weighted by molar-refractivity contribution is 5.92. The van der Waals surface area contributed by atoms with Crippen LogP contribution < -0.4 is 15.8 Å². The summed E-state index contributed by atoms with van der Waals surface area (Å²) >= 11 is 0. The Labute approximate surface area is 116 Å². The minimum atomic E-state index is -1.09. The number of carbonyl (C=O) groups excluding carboxylic acids is 1. The first-order valence-electron chi connectivity index (χ1n) is 6.03. The number of hydrogen-bond donors (Lipinski definition) is 3. The molecule has 0 spiro atoms. The normalized spacial score (nSPS) is 11.7. The highest BCUT2D eigenvalue weighted by Gasteiger charge is 2.13. The quantitative estimate of drug-likeness (QED) is 0.638. The lowest BCUT2D eigenvalue weighted by Crippen LogP contribution is -2.28. The largest absolute Gasteiger partial charge is 0.480 e. The van der Waals surface area contributed by atoms with Gasteiger partial charge in [-0.05, 0) is 12.1 Å². The van der Waals surface area contributed by atoms with Gasteiger partial charge in [0, 0.05) is 13.7 Å². The fourth-order valence-corrected chi connectivity index (χ4v) is 1.51. The molecule has 4 N–H and O–H groups in total. The molecule has 0 fully saturated rings. The van der Waals surface area contributed by atoms with Gasteiger partial charge in [0.2, 0.25) is 5.91 Å². The van der Waals surface area contributed by atoms with Crippen LogP contribution in [0.1, 0.15) is 6.42 Å². The molecule has 110 valence electrons. The second-order valence-corrected chi connectivity index (χ2v) is 4.02.